The average molecular weight is 268 g/mol. The quantitative estimate of drug-likeness (QED) is 0.869. The zero-order valence-corrected chi connectivity index (χ0v) is 10.1. The molecule has 0 aliphatic heterocycles. The summed E-state index contributed by atoms with van der Waals surface area (Å²) >= 11 is 0. The van der Waals surface area contributed by atoms with Crippen LogP contribution in [0.15, 0.2) is 30.3 Å². The Bertz CT molecular complexity index is 585. The highest BCUT2D eigenvalue weighted by atomic mass is 19.4. The number of aromatic amines is 1. The van der Waals surface area contributed by atoms with Crippen LogP contribution in [0.2, 0.25) is 0 Å². The summed E-state index contributed by atoms with van der Waals surface area (Å²) in [5.74, 6) is -0.157. The molecule has 0 aliphatic carbocycles. The third kappa shape index (κ3) is 3.21. The van der Waals surface area contributed by atoms with E-state index in [4.69, 9.17) is 0 Å². The molecule has 0 amide bonds. The first-order valence-corrected chi connectivity index (χ1v) is 5.57. The van der Waals surface area contributed by atoms with Crippen molar-refractivity contribution >= 4 is 5.78 Å². The van der Waals surface area contributed by atoms with Crippen LogP contribution >= 0.6 is 0 Å². The summed E-state index contributed by atoms with van der Waals surface area (Å²) in [5, 5.41) is 6.50. The predicted molar refractivity (Wildman–Crippen MR) is 62.8 cm³/mol. The van der Waals surface area contributed by atoms with Crippen LogP contribution in [0.1, 0.15) is 34.2 Å². The molecule has 2 rings (SSSR count). The summed E-state index contributed by atoms with van der Waals surface area (Å²) in [6.07, 6.45) is -3.92. The molecule has 0 unspecified atom stereocenters. The fraction of sp³-hybridized carbons (Fsp3) is 0.231. The van der Waals surface area contributed by atoms with Crippen molar-refractivity contribution in [2.24, 2.45) is 0 Å². The molecule has 1 heterocycles. The third-order valence-corrected chi connectivity index (χ3v) is 2.67. The Morgan fingerprint density at radius 3 is 2.37 bits per heavy atom. The minimum absolute atomic E-state index is 0.157. The van der Waals surface area contributed by atoms with Gasteiger partial charge in [-0.05, 0) is 23.8 Å². The van der Waals surface area contributed by atoms with Crippen molar-refractivity contribution in [3.8, 4) is 0 Å². The molecule has 2 aromatic rings. The summed E-state index contributed by atoms with van der Waals surface area (Å²) in [6, 6.07) is 6.50. The van der Waals surface area contributed by atoms with Gasteiger partial charge >= 0.3 is 6.18 Å². The van der Waals surface area contributed by atoms with E-state index in [0.29, 0.717) is 23.4 Å². The summed E-state index contributed by atoms with van der Waals surface area (Å²) < 4.78 is 37.2. The SMILES string of the molecule is CC(=O)c1cc(Cc2ccc(C(F)(F)F)cc2)[nH]n1. The van der Waals surface area contributed by atoms with E-state index in [1.165, 1.54) is 19.1 Å². The largest absolute Gasteiger partial charge is 0.416 e. The number of aromatic nitrogens is 2. The fourth-order valence-electron chi connectivity index (χ4n) is 1.66. The highest BCUT2D eigenvalue weighted by molar-refractivity contribution is 5.92. The van der Waals surface area contributed by atoms with Gasteiger partial charge in [-0.25, -0.2) is 0 Å². The second kappa shape index (κ2) is 4.87. The number of rotatable bonds is 3. The summed E-state index contributed by atoms with van der Waals surface area (Å²) in [4.78, 5) is 11.1. The normalized spacial score (nSPS) is 11.6. The van der Waals surface area contributed by atoms with Crippen molar-refractivity contribution in [1.29, 1.82) is 0 Å². The zero-order valence-electron chi connectivity index (χ0n) is 10.1. The number of halogens is 3. The van der Waals surface area contributed by atoms with Gasteiger partial charge in [-0.1, -0.05) is 12.1 Å². The van der Waals surface area contributed by atoms with Crippen LogP contribution in [0.25, 0.3) is 0 Å². The summed E-state index contributed by atoms with van der Waals surface area (Å²) in [5.41, 5.74) is 1.05. The van der Waals surface area contributed by atoms with Crippen LogP contribution in [0, 0.1) is 0 Å². The second-order valence-corrected chi connectivity index (χ2v) is 4.21. The number of hydrogen-bond donors (Lipinski definition) is 1. The molecule has 1 aromatic heterocycles. The topological polar surface area (TPSA) is 45.8 Å². The van der Waals surface area contributed by atoms with Gasteiger partial charge in [0.05, 0.1) is 5.56 Å². The molecule has 0 bridgehead atoms. The highest BCUT2D eigenvalue weighted by Gasteiger charge is 2.29. The van der Waals surface area contributed by atoms with E-state index < -0.39 is 11.7 Å². The molecule has 0 saturated heterocycles. The van der Waals surface area contributed by atoms with E-state index in [0.717, 1.165) is 12.1 Å². The van der Waals surface area contributed by atoms with Crippen LogP contribution < -0.4 is 0 Å². The lowest BCUT2D eigenvalue weighted by molar-refractivity contribution is -0.137. The van der Waals surface area contributed by atoms with Gasteiger partial charge in [-0.2, -0.15) is 18.3 Å². The minimum atomic E-state index is -4.33. The highest BCUT2D eigenvalue weighted by Crippen LogP contribution is 2.29. The first-order valence-electron chi connectivity index (χ1n) is 5.57. The van der Waals surface area contributed by atoms with E-state index in [-0.39, 0.29) is 5.78 Å². The summed E-state index contributed by atoms with van der Waals surface area (Å²) in [6.45, 7) is 1.40. The second-order valence-electron chi connectivity index (χ2n) is 4.21. The minimum Gasteiger partial charge on any atom is -0.293 e. The fourth-order valence-corrected chi connectivity index (χ4v) is 1.66. The Kier molecular flexibility index (Phi) is 3.42. The lowest BCUT2D eigenvalue weighted by Crippen LogP contribution is -2.04. The third-order valence-electron chi connectivity index (χ3n) is 2.67. The zero-order chi connectivity index (χ0) is 14.0. The Labute approximate surface area is 107 Å². The molecule has 6 heteroatoms. The lowest BCUT2D eigenvalue weighted by atomic mass is 10.1. The van der Waals surface area contributed by atoms with Gasteiger partial charge in [0, 0.05) is 19.0 Å². The van der Waals surface area contributed by atoms with Crippen LogP contribution in [0.3, 0.4) is 0 Å². The maximum Gasteiger partial charge on any atom is 0.416 e. The summed E-state index contributed by atoms with van der Waals surface area (Å²) in [7, 11) is 0. The van der Waals surface area contributed by atoms with Gasteiger partial charge in [0.25, 0.3) is 0 Å². The Morgan fingerprint density at radius 2 is 1.89 bits per heavy atom. The maximum atomic E-state index is 12.4. The first kappa shape index (κ1) is 13.3. The molecule has 0 radical (unpaired) electrons. The number of H-pyrrole nitrogens is 1. The monoisotopic (exact) mass is 268 g/mol. The van der Waals surface area contributed by atoms with Crippen molar-refractivity contribution < 1.29 is 18.0 Å². The maximum absolute atomic E-state index is 12.4. The van der Waals surface area contributed by atoms with Crippen molar-refractivity contribution in [3.05, 3.63) is 52.8 Å². The van der Waals surface area contributed by atoms with E-state index in [1.807, 2.05) is 0 Å². The standard InChI is InChI=1S/C13H11F3N2O/c1-8(19)12-7-11(17-18-12)6-9-2-4-10(5-3-9)13(14,15)16/h2-5,7H,6H2,1H3,(H,17,18). The number of alkyl halides is 3. The molecule has 3 nitrogen and oxygen atoms in total. The number of benzene rings is 1. The predicted octanol–water partition coefficient (Wildman–Crippen LogP) is 3.22. The average Bonchev–Trinajstić information content (AvgIpc) is 2.77. The molecule has 0 spiro atoms. The smallest absolute Gasteiger partial charge is 0.293 e. The molecular weight excluding hydrogens is 257 g/mol. The van der Waals surface area contributed by atoms with Crippen molar-refractivity contribution in [2.75, 3.05) is 0 Å². The van der Waals surface area contributed by atoms with Crippen LogP contribution in [-0.2, 0) is 12.6 Å². The molecule has 0 atom stereocenters. The molecule has 1 aromatic carbocycles. The number of nitrogens with zero attached hydrogens (tertiary/aromatic N) is 1. The van der Waals surface area contributed by atoms with Crippen molar-refractivity contribution in [3.63, 3.8) is 0 Å². The number of carbonyl (C=O) groups is 1. The van der Waals surface area contributed by atoms with Gasteiger partial charge in [0.1, 0.15) is 5.69 Å². The number of nitrogens with one attached hydrogen (secondary N) is 1. The number of carbonyl (C=O) groups excluding carboxylic acids is 1. The van der Waals surface area contributed by atoms with Crippen molar-refractivity contribution in [2.45, 2.75) is 19.5 Å². The molecule has 0 fully saturated rings. The molecule has 19 heavy (non-hydrogen) atoms. The number of Topliss-reactive ketones (excluding diaryl/α,β-unsaturated/α-hetero) is 1. The van der Waals surface area contributed by atoms with Crippen LogP contribution in [-0.4, -0.2) is 16.0 Å². The van der Waals surface area contributed by atoms with Gasteiger partial charge < -0.3 is 0 Å². The number of hydrogen-bond acceptors (Lipinski definition) is 2. The Morgan fingerprint density at radius 1 is 1.26 bits per heavy atom. The Hall–Kier alpha value is -2.11. The van der Waals surface area contributed by atoms with Crippen LogP contribution in [0.5, 0.6) is 0 Å². The van der Waals surface area contributed by atoms with Crippen molar-refractivity contribution in [1.82, 2.24) is 10.2 Å². The van der Waals surface area contributed by atoms with E-state index in [9.17, 15) is 18.0 Å². The molecule has 0 saturated carbocycles. The van der Waals surface area contributed by atoms with Gasteiger partial charge in [-0.3, -0.25) is 9.89 Å². The molecular formula is C13H11F3N2O. The van der Waals surface area contributed by atoms with E-state index in [1.54, 1.807) is 6.07 Å². The van der Waals surface area contributed by atoms with Gasteiger partial charge in [0.15, 0.2) is 5.78 Å². The first-order chi connectivity index (χ1) is 8.86. The Balaban J connectivity index is 2.13. The van der Waals surface area contributed by atoms with Gasteiger partial charge in [-0.15, -0.1) is 0 Å². The van der Waals surface area contributed by atoms with Gasteiger partial charge in [0.2, 0.25) is 0 Å². The number of ketones is 1. The van der Waals surface area contributed by atoms with Crippen LogP contribution in [0.4, 0.5) is 13.2 Å². The lowest BCUT2D eigenvalue weighted by Gasteiger charge is -2.06. The van der Waals surface area contributed by atoms with E-state index >= 15 is 0 Å². The molecule has 1 N–H and O–H groups in total. The molecule has 100 valence electrons. The van der Waals surface area contributed by atoms with E-state index in [2.05, 4.69) is 10.2 Å². The molecule has 0 aliphatic rings.